The number of hydrogen-bond donors (Lipinski definition) is 2. The fraction of sp³-hybridized carbons (Fsp3) is 0.333. The molecule has 2 aromatic rings. The van der Waals surface area contributed by atoms with E-state index in [4.69, 9.17) is 10.5 Å². The van der Waals surface area contributed by atoms with Gasteiger partial charge in [-0.2, -0.15) is 0 Å². The third-order valence-corrected chi connectivity index (χ3v) is 3.72. The fourth-order valence-corrected chi connectivity index (χ4v) is 2.58. The van der Waals surface area contributed by atoms with Crippen molar-refractivity contribution in [3.63, 3.8) is 0 Å². The standard InChI is InChI=1S/C21H27N3O3/c1-15(25)24(13-16-7-5-9-18(22)11-16)14-17-8-6-10-19(12-17)23-20(26)27-21(2,3)4/h5-12H,13-14,22H2,1-4H3,(H,23,26). The zero-order chi connectivity index (χ0) is 20.0. The quantitative estimate of drug-likeness (QED) is 0.775. The maximum Gasteiger partial charge on any atom is 0.412 e. The van der Waals surface area contributed by atoms with Gasteiger partial charge in [0, 0.05) is 31.4 Å². The zero-order valence-electron chi connectivity index (χ0n) is 16.3. The number of nitrogen functional groups attached to an aromatic ring is 1. The molecular formula is C21H27N3O3. The molecule has 0 spiro atoms. The van der Waals surface area contributed by atoms with Crippen molar-refractivity contribution in [2.45, 2.75) is 46.4 Å². The summed E-state index contributed by atoms with van der Waals surface area (Å²) in [6.45, 7) is 7.85. The molecule has 6 heteroatoms. The molecule has 3 N–H and O–H groups in total. The van der Waals surface area contributed by atoms with Crippen molar-refractivity contribution >= 4 is 23.4 Å². The molecule has 6 nitrogen and oxygen atoms in total. The Morgan fingerprint density at radius 3 is 2.19 bits per heavy atom. The third kappa shape index (κ3) is 7.01. The Balaban J connectivity index is 2.08. The van der Waals surface area contributed by atoms with Gasteiger partial charge in [-0.1, -0.05) is 24.3 Å². The minimum absolute atomic E-state index is 0.0390. The lowest BCUT2D eigenvalue weighted by atomic mass is 10.1. The molecule has 0 aromatic heterocycles. The van der Waals surface area contributed by atoms with E-state index in [1.165, 1.54) is 6.92 Å². The van der Waals surface area contributed by atoms with Crippen molar-refractivity contribution in [1.82, 2.24) is 4.90 Å². The molecule has 0 bridgehead atoms. The highest BCUT2D eigenvalue weighted by Crippen LogP contribution is 2.17. The maximum absolute atomic E-state index is 12.1. The van der Waals surface area contributed by atoms with Gasteiger partial charge in [-0.3, -0.25) is 10.1 Å². The highest BCUT2D eigenvalue weighted by Gasteiger charge is 2.16. The Morgan fingerprint density at radius 1 is 1.04 bits per heavy atom. The summed E-state index contributed by atoms with van der Waals surface area (Å²) < 4.78 is 5.26. The second-order valence-electron chi connectivity index (χ2n) is 7.45. The molecule has 0 aliphatic carbocycles. The molecule has 0 heterocycles. The number of carbonyl (C=O) groups excluding carboxylic acids is 2. The van der Waals surface area contributed by atoms with Gasteiger partial charge in [-0.05, 0) is 56.2 Å². The van der Waals surface area contributed by atoms with E-state index in [9.17, 15) is 9.59 Å². The third-order valence-electron chi connectivity index (χ3n) is 3.72. The molecule has 0 radical (unpaired) electrons. The predicted octanol–water partition coefficient (Wildman–Crippen LogP) is 4.16. The SMILES string of the molecule is CC(=O)N(Cc1cccc(N)c1)Cc1cccc(NC(=O)OC(C)(C)C)c1. The number of nitrogens with two attached hydrogens (primary N) is 1. The fourth-order valence-electron chi connectivity index (χ4n) is 2.58. The van der Waals surface area contributed by atoms with Gasteiger partial charge in [0.15, 0.2) is 0 Å². The topological polar surface area (TPSA) is 84.7 Å². The average Bonchev–Trinajstić information content (AvgIpc) is 2.52. The summed E-state index contributed by atoms with van der Waals surface area (Å²) in [6.07, 6.45) is -0.511. The highest BCUT2D eigenvalue weighted by molar-refractivity contribution is 5.85. The molecule has 27 heavy (non-hydrogen) atoms. The van der Waals surface area contributed by atoms with Crippen molar-refractivity contribution in [3.8, 4) is 0 Å². The number of rotatable bonds is 5. The van der Waals surface area contributed by atoms with E-state index in [1.54, 1.807) is 11.0 Å². The van der Waals surface area contributed by atoms with Crippen LogP contribution < -0.4 is 11.1 Å². The second kappa shape index (κ2) is 8.58. The summed E-state index contributed by atoms with van der Waals surface area (Å²) in [4.78, 5) is 25.7. The first-order valence-electron chi connectivity index (χ1n) is 8.81. The number of carbonyl (C=O) groups is 2. The van der Waals surface area contributed by atoms with E-state index in [-0.39, 0.29) is 5.91 Å². The Labute approximate surface area is 160 Å². The van der Waals surface area contributed by atoms with Gasteiger partial charge in [0.1, 0.15) is 5.60 Å². The predicted molar refractivity (Wildman–Crippen MR) is 107 cm³/mol. The summed E-state index contributed by atoms with van der Waals surface area (Å²) >= 11 is 0. The van der Waals surface area contributed by atoms with E-state index in [0.717, 1.165) is 11.1 Å². The molecule has 2 rings (SSSR count). The molecule has 2 amide bonds. The Kier molecular flexibility index (Phi) is 6.45. The van der Waals surface area contributed by atoms with Crippen molar-refractivity contribution in [3.05, 3.63) is 59.7 Å². The second-order valence-corrected chi connectivity index (χ2v) is 7.45. The van der Waals surface area contributed by atoms with Gasteiger partial charge in [0.05, 0.1) is 0 Å². The summed E-state index contributed by atoms with van der Waals surface area (Å²) in [5.74, 6) is -0.0390. The lowest BCUT2D eigenvalue weighted by Gasteiger charge is -2.22. The van der Waals surface area contributed by atoms with Gasteiger partial charge >= 0.3 is 6.09 Å². The smallest absolute Gasteiger partial charge is 0.412 e. The van der Waals surface area contributed by atoms with Crippen LogP contribution in [0.15, 0.2) is 48.5 Å². The largest absolute Gasteiger partial charge is 0.444 e. The Bertz CT molecular complexity index is 812. The van der Waals surface area contributed by atoms with Crippen LogP contribution in [0.5, 0.6) is 0 Å². The van der Waals surface area contributed by atoms with Crippen LogP contribution in [-0.2, 0) is 22.6 Å². The summed E-state index contributed by atoms with van der Waals surface area (Å²) in [5, 5.41) is 2.72. The van der Waals surface area contributed by atoms with Crippen LogP contribution in [0, 0.1) is 0 Å². The first kappa shape index (κ1) is 20.3. The van der Waals surface area contributed by atoms with Crippen LogP contribution in [0.25, 0.3) is 0 Å². The van der Waals surface area contributed by atoms with E-state index in [1.807, 2.05) is 63.2 Å². The van der Waals surface area contributed by atoms with Crippen LogP contribution >= 0.6 is 0 Å². The number of benzene rings is 2. The molecular weight excluding hydrogens is 342 g/mol. The van der Waals surface area contributed by atoms with Crippen molar-refractivity contribution < 1.29 is 14.3 Å². The first-order chi connectivity index (χ1) is 12.6. The minimum atomic E-state index is -0.565. The molecule has 0 saturated carbocycles. The first-order valence-corrected chi connectivity index (χ1v) is 8.81. The normalized spacial score (nSPS) is 11.0. The maximum atomic E-state index is 12.1. The minimum Gasteiger partial charge on any atom is -0.444 e. The Hall–Kier alpha value is -3.02. The van der Waals surface area contributed by atoms with Gasteiger partial charge in [-0.15, -0.1) is 0 Å². The summed E-state index contributed by atoms with van der Waals surface area (Å²) in [5.41, 5.74) is 8.41. The van der Waals surface area contributed by atoms with Crippen LogP contribution in [0.3, 0.4) is 0 Å². The van der Waals surface area contributed by atoms with Crippen molar-refractivity contribution in [1.29, 1.82) is 0 Å². The van der Waals surface area contributed by atoms with Crippen LogP contribution in [0.4, 0.5) is 16.2 Å². The lowest BCUT2D eigenvalue weighted by molar-refractivity contribution is -0.130. The number of nitrogens with zero attached hydrogens (tertiary/aromatic N) is 1. The number of anilines is 2. The van der Waals surface area contributed by atoms with Crippen LogP contribution in [-0.4, -0.2) is 22.5 Å². The molecule has 2 aromatic carbocycles. The van der Waals surface area contributed by atoms with Crippen molar-refractivity contribution in [2.75, 3.05) is 11.1 Å². The van der Waals surface area contributed by atoms with Crippen LogP contribution in [0.2, 0.25) is 0 Å². The number of nitrogens with one attached hydrogen (secondary N) is 1. The van der Waals surface area contributed by atoms with E-state index >= 15 is 0 Å². The summed E-state index contributed by atoms with van der Waals surface area (Å²) in [7, 11) is 0. The van der Waals surface area contributed by atoms with E-state index in [2.05, 4.69) is 5.32 Å². The number of amides is 2. The van der Waals surface area contributed by atoms with E-state index < -0.39 is 11.7 Å². The number of hydrogen-bond acceptors (Lipinski definition) is 4. The molecule has 0 saturated heterocycles. The molecule has 144 valence electrons. The molecule has 0 aliphatic rings. The Morgan fingerprint density at radius 2 is 1.63 bits per heavy atom. The zero-order valence-corrected chi connectivity index (χ0v) is 16.3. The van der Waals surface area contributed by atoms with Gasteiger partial charge in [0.2, 0.25) is 5.91 Å². The van der Waals surface area contributed by atoms with E-state index in [0.29, 0.717) is 24.5 Å². The lowest BCUT2D eigenvalue weighted by Crippen LogP contribution is -2.28. The monoisotopic (exact) mass is 369 g/mol. The van der Waals surface area contributed by atoms with Gasteiger partial charge in [-0.25, -0.2) is 4.79 Å². The average molecular weight is 369 g/mol. The summed E-state index contributed by atoms with van der Waals surface area (Å²) in [6, 6.07) is 14.8. The molecule has 0 unspecified atom stereocenters. The van der Waals surface area contributed by atoms with Crippen LogP contribution in [0.1, 0.15) is 38.8 Å². The highest BCUT2D eigenvalue weighted by atomic mass is 16.6. The molecule has 0 atom stereocenters. The number of ether oxygens (including phenoxy) is 1. The molecule has 0 fully saturated rings. The van der Waals surface area contributed by atoms with Crippen molar-refractivity contribution in [2.24, 2.45) is 0 Å². The molecule has 0 aliphatic heterocycles. The van der Waals surface area contributed by atoms with Gasteiger partial charge < -0.3 is 15.4 Å². The van der Waals surface area contributed by atoms with Gasteiger partial charge in [0.25, 0.3) is 0 Å².